The number of amides is 1. The van der Waals surface area contributed by atoms with Crippen LogP contribution in [0.2, 0.25) is 0 Å². The summed E-state index contributed by atoms with van der Waals surface area (Å²) >= 11 is 1.51. The number of thioether (sulfide) groups is 1. The van der Waals surface area contributed by atoms with Crippen molar-refractivity contribution in [3.63, 3.8) is 0 Å². The Labute approximate surface area is 172 Å². The van der Waals surface area contributed by atoms with Gasteiger partial charge in [0, 0.05) is 23.8 Å². The standard InChI is InChI=1S/C23H19NO4S/c1-14(25)24-19(13-29-22(24)20-11-6-12-27-20)23(26)28-21-17-9-4-2-7-15(17)16-8-3-5-10-18(16)21/h2-12,19,21-22H,13H2,1H3/t19-,22+/m1/s1. The minimum Gasteiger partial charge on any atom is -0.466 e. The van der Waals surface area contributed by atoms with E-state index in [1.807, 2.05) is 54.6 Å². The molecule has 0 bridgehead atoms. The van der Waals surface area contributed by atoms with Crippen molar-refractivity contribution in [1.29, 1.82) is 0 Å². The van der Waals surface area contributed by atoms with Crippen molar-refractivity contribution in [2.45, 2.75) is 24.4 Å². The Balaban J connectivity index is 1.44. The van der Waals surface area contributed by atoms with Gasteiger partial charge in [0.1, 0.15) is 17.2 Å². The summed E-state index contributed by atoms with van der Waals surface area (Å²) < 4.78 is 11.5. The average molecular weight is 405 g/mol. The lowest BCUT2D eigenvalue weighted by Gasteiger charge is -2.27. The number of rotatable bonds is 3. The zero-order chi connectivity index (χ0) is 20.0. The second-order valence-corrected chi connectivity index (χ2v) is 8.25. The first-order valence-electron chi connectivity index (χ1n) is 9.48. The smallest absolute Gasteiger partial charge is 0.330 e. The maximum atomic E-state index is 13.2. The fourth-order valence-electron chi connectivity index (χ4n) is 4.15. The van der Waals surface area contributed by atoms with E-state index >= 15 is 0 Å². The van der Waals surface area contributed by atoms with Crippen LogP contribution in [0.25, 0.3) is 11.1 Å². The summed E-state index contributed by atoms with van der Waals surface area (Å²) in [6, 6.07) is 18.9. The molecule has 2 aromatic carbocycles. The van der Waals surface area contributed by atoms with Crippen molar-refractivity contribution in [2.75, 3.05) is 5.75 Å². The number of ether oxygens (including phenoxy) is 1. The minimum absolute atomic E-state index is 0.175. The van der Waals surface area contributed by atoms with Crippen molar-refractivity contribution < 1.29 is 18.7 Å². The lowest BCUT2D eigenvalue weighted by molar-refractivity contribution is -0.156. The van der Waals surface area contributed by atoms with Crippen molar-refractivity contribution in [1.82, 2.24) is 4.90 Å². The fourth-order valence-corrected chi connectivity index (χ4v) is 5.57. The van der Waals surface area contributed by atoms with Crippen molar-refractivity contribution in [3.8, 4) is 11.1 Å². The van der Waals surface area contributed by atoms with Crippen LogP contribution in [0.3, 0.4) is 0 Å². The predicted octanol–water partition coefficient (Wildman–Crippen LogP) is 4.56. The van der Waals surface area contributed by atoms with E-state index in [9.17, 15) is 9.59 Å². The van der Waals surface area contributed by atoms with Gasteiger partial charge < -0.3 is 14.1 Å². The van der Waals surface area contributed by atoms with Gasteiger partial charge in [-0.2, -0.15) is 0 Å². The largest absolute Gasteiger partial charge is 0.466 e. The van der Waals surface area contributed by atoms with Gasteiger partial charge in [0.2, 0.25) is 5.91 Å². The predicted molar refractivity (Wildman–Crippen MR) is 110 cm³/mol. The summed E-state index contributed by atoms with van der Waals surface area (Å²) in [5, 5.41) is -0.316. The number of benzene rings is 2. The van der Waals surface area contributed by atoms with Crippen LogP contribution in [-0.2, 0) is 14.3 Å². The number of carbonyl (C=O) groups is 2. The Morgan fingerprint density at radius 3 is 2.24 bits per heavy atom. The van der Waals surface area contributed by atoms with Gasteiger partial charge in [-0.1, -0.05) is 48.5 Å². The Hall–Kier alpha value is -2.99. The molecule has 29 heavy (non-hydrogen) atoms. The van der Waals surface area contributed by atoms with Crippen LogP contribution >= 0.6 is 11.8 Å². The third kappa shape index (κ3) is 2.95. The van der Waals surface area contributed by atoms with Gasteiger partial charge in [0.05, 0.1) is 6.26 Å². The lowest BCUT2D eigenvalue weighted by Crippen LogP contribution is -2.43. The van der Waals surface area contributed by atoms with Gasteiger partial charge in [-0.05, 0) is 23.3 Å². The first-order chi connectivity index (χ1) is 14.1. The van der Waals surface area contributed by atoms with E-state index < -0.39 is 18.1 Å². The highest BCUT2D eigenvalue weighted by molar-refractivity contribution is 7.99. The number of furan rings is 1. The van der Waals surface area contributed by atoms with Crippen LogP contribution in [-0.4, -0.2) is 28.6 Å². The Morgan fingerprint density at radius 1 is 1.00 bits per heavy atom. The highest BCUT2D eigenvalue weighted by Gasteiger charge is 2.44. The second kappa shape index (κ2) is 7.12. The van der Waals surface area contributed by atoms with Crippen LogP contribution in [0.5, 0.6) is 0 Å². The Bertz CT molecular complexity index is 1030. The third-order valence-corrected chi connectivity index (χ3v) is 6.72. The number of hydrogen-bond donors (Lipinski definition) is 0. The van der Waals surface area contributed by atoms with Crippen molar-refractivity contribution in [3.05, 3.63) is 83.8 Å². The van der Waals surface area contributed by atoms with E-state index in [2.05, 4.69) is 0 Å². The second-order valence-electron chi connectivity index (χ2n) is 7.13. The molecule has 0 N–H and O–H groups in total. The molecule has 146 valence electrons. The summed E-state index contributed by atoms with van der Waals surface area (Å²) in [5.74, 6) is 0.570. The van der Waals surface area contributed by atoms with E-state index in [-0.39, 0.29) is 11.3 Å². The van der Waals surface area contributed by atoms with Crippen LogP contribution in [0, 0.1) is 0 Å². The molecule has 1 aliphatic heterocycles. The van der Waals surface area contributed by atoms with Crippen LogP contribution < -0.4 is 0 Å². The fraction of sp³-hybridized carbons (Fsp3) is 0.217. The molecule has 6 heteroatoms. The molecule has 0 unspecified atom stereocenters. The molecule has 1 aliphatic carbocycles. The number of fused-ring (bicyclic) bond motifs is 3. The Morgan fingerprint density at radius 2 is 1.66 bits per heavy atom. The van der Waals surface area contributed by atoms with Crippen LogP contribution in [0.1, 0.15) is 35.3 Å². The summed E-state index contributed by atoms with van der Waals surface area (Å²) in [6.07, 6.45) is 1.11. The topological polar surface area (TPSA) is 59.8 Å². The summed E-state index contributed by atoms with van der Waals surface area (Å²) in [5.41, 5.74) is 4.12. The summed E-state index contributed by atoms with van der Waals surface area (Å²) in [7, 11) is 0. The molecule has 0 saturated carbocycles. The molecule has 2 atom stereocenters. The maximum absolute atomic E-state index is 13.2. The molecule has 2 aliphatic rings. The van der Waals surface area contributed by atoms with E-state index in [0.717, 1.165) is 22.3 Å². The van der Waals surface area contributed by atoms with Crippen LogP contribution in [0.15, 0.2) is 71.3 Å². The molecule has 1 saturated heterocycles. The first-order valence-corrected chi connectivity index (χ1v) is 10.5. The van der Waals surface area contributed by atoms with Gasteiger partial charge in [0.15, 0.2) is 6.10 Å². The molecule has 1 fully saturated rings. The maximum Gasteiger partial charge on any atom is 0.330 e. The average Bonchev–Trinajstić information content (AvgIpc) is 3.46. The summed E-state index contributed by atoms with van der Waals surface area (Å²) in [6.45, 7) is 1.47. The molecule has 3 aromatic rings. The zero-order valence-electron chi connectivity index (χ0n) is 15.8. The number of hydrogen-bond acceptors (Lipinski definition) is 5. The van der Waals surface area contributed by atoms with E-state index in [1.165, 1.54) is 18.7 Å². The molecule has 0 spiro atoms. The third-order valence-electron chi connectivity index (χ3n) is 5.43. The van der Waals surface area contributed by atoms with Gasteiger partial charge in [-0.15, -0.1) is 11.8 Å². The molecule has 5 nitrogen and oxygen atoms in total. The van der Waals surface area contributed by atoms with Crippen molar-refractivity contribution in [2.24, 2.45) is 0 Å². The minimum atomic E-state index is -0.646. The Kier molecular flexibility index (Phi) is 4.43. The van der Waals surface area contributed by atoms with E-state index in [4.69, 9.17) is 9.15 Å². The molecule has 5 rings (SSSR count). The molecule has 0 radical (unpaired) electrons. The monoisotopic (exact) mass is 405 g/mol. The number of carbonyl (C=O) groups excluding carboxylic acids is 2. The van der Waals surface area contributed by atoms with E-state index in [0.29, 0.717) is 11.5 Å². The quantitative estimate of drug-likeness (QED) is 0.598. The molecule has 1 amide bonds. The highest BCUT2D eigenvalue weighted by Crippen LogP contribution is 2.47. The first kappa shape index (κ1) is 18.1. The molecular weight excluding hydrogens is 386 g/mol. The van der Waals surface area contributed by atoms with E-state index in [1.54, 1.807) is 17.2 Å². The lowest BCUT2D eigenvalue weighted by atomic mass is 10.1. The SMILES string of the molecule is CC(=O)N1[C@@H](C(=O)OC2c3ccccc3-c3ccccc32)CS[C@H]1c1ccco1. The van der Waals surface area contributed by atoms with Gasteiger partial charge in [-0.25, -0.2) is 4.79 Å². The number of nitrogens with zero attached hydrogens (tertiary/aromatic N) is 1. The highest BCUT2D eigenvalue weighted by atomic mass is 32.2. The number of esters is 1. The van der Waals surface area contributed by atoms with Gasteiger partial charge >= 0.3 is 5.97 Å². The normalized spacial score (nSPS) is 20.4. The molecule has 1 aromatic heterocycles. The van der Waals surface area contributed by atoms with Crippen molar-refractivity contribution >= 4 is 23.6 Å². The van der Waals surface area contributed by atoms with Gasteiger partial charge in [0.25, 0.3) is 0 Å². The zero-order valence-corrected chi connectivity index (χ0v) is 16.6. The van der Waals surface area contributed by atoms with Gasteiger partial charge in [-0.3, -0.25) is 4.79 Å². The summed E-state index contributed by atoms with van der Waals surface area (Å²) in [4.78, 5) is 27.1. The van der Waals surface area contributed by atoms with Crippen LogP contribution in [0.4, 0.5) is 0 Å². The molecular formula is C23H19NO4S. The molecule has 2 heterocycles.